The number of hydrogen-bond donors (Lipinski definition) is 1. The Labute approximate surface area is 170 Å². The Morgan fingerprint density at radius 1 is 1.36 bits per heavy atom. The topological polar surface area (TPSA) is 24.5 Å². The molecule has 0 radical (unpaired) electrons. The second-order valence-electron chi connectivity index (χ2n) is 8.44. The van der Waals surface area contributed by atoms with Gasteiger partial charge < -0.3 is 15.0 Å². The van der Waals surface area contributed by atoms with Crippen LogP contribution in [0.5, 0.6) is 0 Å². The van der Waals surface area contributed by atoms with Crippen LogP contribution in [-0.4, -0.2) is 45.2 Å². The standard InChI is InChI=1S/C25H36N2O/c1-5-25(16-22-11-7-6-9-20(22)2)13-12-24(15-23(25)17-26-3)28-19-21-10-8-14-27(4)18-21/h6-7,9,11-12,15-16,21,26H,2,5,8,10,13-14,17-19H2,1,3-4H3/b22-16-. The van der Waals surface area contributed by atoms with Crippen LogP contribution in [-0.2, 0) is 4.74 Å². The first-order valence-corrected chi connectivity index (χ1v) is 10.7. The summed E-state index contributed by atoms with van der Waals surface area (Å²) in [5.74, 6) is 1.68. The molecule has 3 nitrogen and oxygen atoms in total. The molecule has 2 atom stereocenters. The van der Waals surface area contributed by atoms with Gasteiger partial charge in [0.2, 0.25) is 0 Å². The minimum absolute atomic E-state index is 0.0225. The molecule has 1 aliphatic heterocycles. The molecule has 28 heavy (non-hydrogen) atoms. The minimum Gasteiger partial charge on any atom is -0.494 e. The molecule has 1 aliphatic carbocycles. The van der Waals surface area contributed by atoms with Crippen LogP contribution in [0.2, 0.25) is 0 Å². The second-order valence-corrected chi connectivity index (χ2v) is 8.44. The van der Waals surface area contributed by atoms with E-state index in [0.717, 1.165) is 43.5 Å². The molecule has 1 aromatic rings. The Morgan fingerprint density at radius 3 is 2.89 bits per heavy atom. The largest absolute Gasteiger partial charge is 0.494 e. The van der Waals surface area contributed by atoms with Crippen LogP contribution < -0.4 is 15.8 Å². The highest BCUT2D eigenvalue weighted by molar-refractivity contribution is 5.48. The zero-order chi connectivity index (χ0) is 20.0. The molecule has 1 heterocycles. The monoisotopic (exact) mass is 380 g/mol. The molecule has 0 aromatic heterocycles. The van der Waals surface area contributed by atoms with Crippen molar-refractivity contribution in [2.75, 3.05) is 40.3 Å². The predicted octanol–water partition coefficient (Wildman–Crippen LogP) is 3.07. The van der Waals surface area contributed by atoms with E-state index in [1.54, 1.807) is 0 Å². The Hall–Kier alpha value is -1.84. The molecule has 1 aromatic carbocycles. The van der Waals surface area contributed by atoms with E-state index < -0.39 is 0 Å². The average molecular weight is 381 g/mol. The lowest BCUT2D eigenvalue weighted by Gasteiger charge is -2.35. The highest BCUT2D eigenvalue weighted by atomic mass is 16.5. The van der Waals surface area contributed by atoms with Crippen molar-refractivity contribution < 1.29 is 4.74 Å². The maximum absolute atomic E-state index is 6.26. The van der Waals surface area contributed by atoms with Gasteiger partial charge in [0, 0.05) is 24.4 Å². The van der Waals surface area contributed by atoms with E-state index in [-0.39, 0.29) is 5.41 Å². The van der Waals surface area contributed by atoms with Gasteiger partial charge in [-0.05, 0) is 74.5 Å². The maximum atomic E-state index is 6.26. The second kappa shape index (κ2) is 9.58. The van der Waals surface area contributed by atoms with Gasteiger partial charge in [0.1, 0.15) is 5.76 Å². The normalized spacial score (nSPS) is 26.7. The first-order chi connectivity index (χ1) is 13.6. The third-order valence-corrected chi connectivity index (χ3v) is 6.32. The van der Waals surface area contributed by atoms with Crippen LogP contribution in [0, 0.1) is 11.3 Å². The van der Waals surface area contributed by atoms with Crippen LogP contribution in [0.3, 0.4) is 0 Å². The van der Waals surface area contributed by atoms with Crippen molar-refractivity contribution in [1.29, 1.82) is 0 Å². The Bertz CT molecular complexity index is 825. The molecule has 2 aliphatic rings. The van der Waals surface area contributed by atoms with Crippen molar-refractivity contribution in [3.63, 3.8) is 0 Å². The summed E-state index contributed by atoms with van der Waals surface area (Å²) in [4.78, 5) is 2.42. The van der Waals surface area contributed by atoms with E-state index in [1.165, 1.54) is 30.2 Å². The summed E-state index contributed by atoms with van der Waals surface area (Å²) in [6, 6.07) is 8.41. The fourth-order valence-electron chi connectivity index (χ4n) is 4.53. The SMILES string of the molecule is C=c1cccc/c1=C/C1(CC)CC=C(OCC2CCCN(C)C2)C=C1CNC. The third-order valence-electron chi connectivity index (χ3n) is 6.32. The molecule has 0 bridgehead atoms. The lowest BCUT2D eigenvalue weighted by Crippen LogP contribution is -2.35. The summed E-state index contributed by atoms with van der Waals surface area (Å²) in [6.45, 7) is 10.6. The fraction of sp³-hybridized carbons (Fsp3) is 0.520. The first kappa shape index (κ1) is 20.9. The maximum Gasteiger partial charge on any atom is 0.115 e. The highest BCUT2D eigenvalue weighted by Gasteiger charge is 2.32. The number of ether oxygens (including phenoxy) is 1. The van der Waals surface area contributed by atoms with Crippen LogP contribution in [0.4, 0.5) is 0 Å². The lowest BCUT2D eigenvalue weighted by molar-refractivity contribution is 0.113. The summed E-state index contributed by atoms with van der Waals surface area (Å²) >= 11 is 0. The molecule has 0 amide bonds. The molecule has 1 N–H and O–H groups in total. The Kier molecular flexibility index (Phi) is 7.14. The first-order valence-electron chi connectivity index (χ1n) is 10.7. The van der Waals surface area contributed by atoms with E-state index in [1.807, 2.05) is 7.05 Å². The molecular weight excluding hydrogens is 344 g/mol. The van der Waals surface area contributed by atoms with Gasteiger partial charge in [-0.2, -0.15) is 0 Å². The van der Waals surface area contributed by atoms with Crippen LogP contribution in [0.15, 0.2) is 47.7 Å². The van der Waals surface area contributed by atoms with Crippen LogP contribution in [0.1, 0.15) is 32.6 Å². The van der Waals surface area contributed by atoms with Crippen LogP contribution in [0.25, 0.3) is 12.7 Å². The predicted molar refractivity (Wildman–Crippen MR) is 119 cm³/mol. The number of allylic oxidation sites excluding steroid dienone is 2. The molecule has 152 valence electrons. The number of rotatable bonds is 7. The summed E-state index contributed by atoms with van der Waals surface area (Å²) in [6.07, 6.45) is 11.6. The van der Waals surface area contributed by atoms with Crippen molar-refractivity contribution in [2.24, 2.45) is 11.3 Å². The van der Waals surface area contributed by atoms with Gasteiger partial charge in [-0.25, -0.2) is 0 Å². The number of nitrogens with one attached hydrogen (secondary N) is 1. The number of nitrogens with zero attached hydrogens (tertiary/aromatic N) is 1. The van der Waals surface area contributed by atoms with E-state index in [2.05, 4.69) is 73.3 Å². The summed E-state index contributed by atoms with van der Waals surface area (Å²) in [7, 11) is 4.23. The number of piperidine rings is 1. The molecule has 0 saturated carbocycles. The van der Waals surface area contributed by atoms with E-state index in [0.29, 0.717) is 5.92 Å². The quantitative estimate of drug-likeness (QED) is 0.787. The molecule has 1 saturated heterocycles. The number of benzene rings is 1. The van der Waals surface area contributed by atoms with Crippen molar-refractivity contribution in [1.82, 2.24) is 10.2 Å². The average Bonchev–Trinajstić information content (AvgIpc) is 2.70. The van der Waals surface area contributed by atoms with Gasteiger partial charge in [-0.15, -0.1) is 0 Å². The molecule has 1 fully saturated rings. The Morgan fingerprint density at radius 2 is 2.18 bits per heavy atom. The third kappa shape index (κ3) is 4.95. The zero-order valence-corrected chi connectivity index (χ0v) is 17.8. The summed E-state index contributed by atoms with van der Waals surface area (Å²) < 4.78 is 6.26. The van der Waals surface area contributed by atoms with Gasteiger partial charge in [0.15, 0.2) is 0 Å². The number of hydrogen-bond acceptors (Lipinski definition) is 3. The lowest BCUT2D eigenvalue weighted by atomic mass is 9.71. The zero-order valence-electron chi connectivity index (χ0n) is 17.8. The number of likely N-dealkylation sites (tertiary alicyclic amines) is 1. The van der Waals surface area contributed by atoms with E-state index in [9.17, 15) is 0 Å². The van der Waals surface area contributed by atoms with Crippen molar-refractivity contribution in [3.8, 4) is 0 Å². The van der Waals surface area contributed by atoms with Gasteiger partial charge in [-0.3, -0.25) is 0 Å². The molecule has 2 unspecified atom stereocenters. The van der Waals surface area contributed by atoms with Crippen LogP contribution >= 0.6 is 0 Å². The number of likely N-dealkylation sites (N-methyl/N-ethyl adjacent to an activating group) is 1. The van der Waals surface area contributed by atoms with Gasteiger partial charge in [-0.1, -0.05) is 43.8 Å². The molecule has 3 heteroatoms. The molecule has 0 spiro atoms. The fourth-order valence-corrected chi connectivity index (χ4v) is 4.53. The summed E-state index contributed by atoms with van der Waals surface area (Å²) in [5.41, 5.74) is 1.42. The summed E-state index contributed by atoms with van der Waals surface area (Å²) in [5, 5.41) is 5.69. The van der Waals surface area contributed by atoms with Crippen molar-refractivity contribution in [3.05, 3.63) is 58.2 Å². The molecular formula is C25H36N2O. The van der Waals surface area contributed by atoms with E-state index in [4.69, 9.17) is 4.74 Å². The van der Waals surface area contributed by atoms with Gasteiger partial charge in [0.25, 0.3) is 0 Å². The van der Waals surface area contributed by atoms with Gasteiger partial charge in [0.05, 0.1) is 6.61 Å². The van der Waals surface area contributed by atoms with Crippen molar-refractivity contribution >= 4 is 12.7 Å². The van der Waals surface area contributed by atoms with Crippen molar-refractivity contribution in [2.45, 2.75) is 32.6 Å². The minimum atomic E-state index is 0.0225. The molecule has 3 rings (SSSR count). The Balaban J connectivity index is 1.79. The van der Waals surface area contributed by atoms with E-state index >= 15 is 0 Å². The smallest absolute Gasteiger partial charge is 0.115 e. The highest BCUT2D eigenvalue weighted by Crippen LogP contribution is 2.41. The van der Waals surface area contributed by atoms with Gasteiger partial charge >= 0.3 is 0 Å².